The van der Waals surface area contributed by atoms with Gasteiger partial charge in [-0.05, 0) is 25.5 Å². The minimum Gasteiger partial charge on any atom is -0.357 e. The highest BCUT2D eigenvalue weighted by Gasteiger charge is 2.11. The van der Waals surface area contributed by atoms with E-state index in [1.54, 1.807) is 0 Å². The lowest BCUT2D eigenvalue weighted by atomic mass is 10.2. The zero-order chi connectivity index (χ0) is 13.0. The molecule has 1 aromatic rings. The first-order chi connectivity index (χ1) is 8.66. The van der Waals surface area contributed by atoms with E-state index in [1.807, 2.05) is 6.20 Å². The molecule has 0 aliphatic carbocycles. The first-order valence-electron chi connectivity index (χ1n) is 6.77. The van der Waals surface area contributed by atoms with E-state index in [4.69, 9.17) is 0 Å². The molecule has 1 fully saturated rings. The highest BCUT2D eigenvalue weighted by Crippen LogP contribution is 2.13. The van der Waals surface area contributed by atoms with Gasteiger partial charge in [0.15, 0.2) is 0 Å². The molecular weight excluding hydrogens is 224 g/mol. The van der Waals surface area contributed by atoms with Crippen LogP contribution < -0.4 is 10.2 Å². The number of piperazine rings is 1. The van der Waals surface area contributed by atoms with Crippen molar-refractivity contribution < 1.29 is 0 Å². The fraction of sp³-hybridized carbons (Fsp3) is 0.643. The van der Waals surface area contributed by atoms with Crippen LogP contribution in [0.2, 0.25) is 0 Å². The van der Waals surface area contributed by atoms with Crippen LogP contribution in [-0.4, -0.2) is 49.2 Å². The summed E-state index contributed by atoms with van der Waals surface area (Å²) >= 11 is 0. The van der Waals surface area contributed by atoms with Crippen LogP contribution >= 0.6 is 0 Å². The molecule has 4 heteroatoms. The predicted molar refractivity (Wildman–Crippen MR) is 75.9 cm³/mol. The molecule has 0 spiro atoms. The van der Waals surface area contributed by atoms with E-state index >= 15 is 0 Å². The van der Waals surface area contributed by atoms with Gasteiger partial charge in [-0.3, -0.25) is 4.90 Å². The van der Waals surface area contributed by atoms with Crippen LogP contribution in [0.15, 0.2) is 18.3 Å². The molecule has 2 heterocycles. The Morgan fingerprint density at radius 2 is 2.06 bits per heavy atom. The van der Waals surface area contributed by atoms with Gasteiger partial charge in [-0.2, -0.15) is 0 Å². The summed E-state index contributed by atoms with van der Waals surface area (Å²) in [4.78, 5) is 9.21. The van der Waals surface area contributed by atoms with Crippen LogP contribution in [0.5, 0.6) is 0 Å². The number of nitrogens with zero attached hydrogens (tertiary/aromatic N) is 3. The van der Waals surface area contributed by atoms with Crippen molar-refractivity contribution in [2.75, 3.05) is 38.1 Å². The summed E-state index contributed by atoms with van der Waals surface area (Å²) in [5, 5.41) is 3.37. The summed E-state index contributed by atoms with van der Waals surface area (Å²) in [5.74, 6) is 1.05. The molecule has 1 aliphatic rings. The molecule has 1 aliphatic heterocycles. The first-order valence-corrected chi connectivity index (χ1v) is 6.77. The smallest absolute Gasteiger partial charge is 0.128 e. The van der Waals surface area contributed by atoms with Crippen molar-refractivity contribution in [3.63, 3.8) is 0 Å². The van der Waals surface area contributed by atoms with E-state index in [9.17, 15) is 0 Å². The number of hydrogen-bond acceptors (Lipinski definition) is 4. The molecule has 100 valence electrons. The molecule has 2 rings (SSSR count). The second-order valence-electron chi connectivity index (χ2n) is 5.26. The van der Waals surface area contributed by atoms with Crippen molar-refractivity contribution in [1.82, 2.24) is 15.2 Å². The summed E-state index contributed by atoms with van der Waals surface area (Å²) in [6, 6.07) is 4.80. The molecule has 1 N–H and O–H groups in total. The molecule has 0 bridgehead atoms. The topological polar surface area (TPSA) is 31.4 Å². The molecule has 0 aromatic carbocycles. The van der Waals surface area contributed by atoms with E-state index in [0.717, 1.165) is 38.5 Å². The first kappa shape index (κ1) is 13.3. The van der Waals surface area contributed by atoms with Crippen molar-refractivity contribution in [2.45, 2.75) is 26.4 Å². The van der Waals surface area contributed by atoms with Crippen LogP contribution in [-0.2, 0) is 6.54 Å². The van der Waals surface area contributed by atoms with Crippen LogP contribution in [0, 0.1) is 0 Å². The predicted octanol–water partition coefficient (Wildman–Crippen LogP) is 1.33. The Labute approximate surface area is 110 Å². The average Bonchev–Trinajstić information content (AvgIpc) is 2.40. The molecule has 1 saturated heterocycles. The number of nitrogens with one attached hydrogen (secondary N) is 1. The van der Waals surface area contributed by atoms with E-state index in [0.29, 0.717) is 6.04 Å². The van der Waals surface area contributed by atoms with Crippen molar-refractivity contribution in [2.24, 2.45) is 0 Å². The van der Waals surface area contributed by atoms with E-state index < -0.39 is 0 Å². The summed E-state index contributed by atoms with van der Waals surface area (Å²) in [6.07, 6.45) is 2.01. The SMILES string of the molecule is CC(C)N(C)c1ccc(CN2CCNCC2)cn1. The van der Waals surface area contributed by atoms with E-state index in [1.165, 1.54) is 5.56 Å². The average molecular weight is 248 g/mol. The lowest BCUT2D eigenvalue weighted by Gasteiger charge is -2.27. The molecular formula is C14H24N4. The monoisotopic (exact) mass is 248 g/mol. The van der Waals surface area contributed by atoms with Gasteiger partial charge < -0.3 is 10.2 Å². The van der Waals surface area contributed by atoms with Gasteiger partial charge in [-0.25, -0.2) is 4.98 Å². The van der Waals surface area contributed by atoms with Crippen molar-refractivity contribution in [3.8, 4) is 0 Å². The maximum absolute atomic E-state index is 4.55. The number of pyridine rings is 1. The summed E-state index contributed by atoms with van der Waals surface area (Å²) in [5.41, 5.74) is 1.30. The van der Waals surface area contributed by atoms with Gasteiger partial charge in [0.2, 0.25) is 0 Å². The summed E-state index contributed by atoms with van der Waals surface area (Å²) in [6.45, 7) is 9.83. The minimum absolute atomic E-state index is 0.483. The maximum atomic E-state index is 4.55. The standard InChI is InChI=1S/C14H24N4/c1-12(2)17(3)14-5-4-13(10-16-14)11-18-8-6-15-7-9-18/h4-5,10,12,15H,6-9,11H2,1-3H3. The fourth-order valence-electron chi connectivity index (χ4n) is 2.11. The number of aromatic nitrogens is 1. The van der Waals surface area contributed by atoms with Gasteiger partial charge in [0, 0.05) is 52.0 Å². The molecule has 4 nitrogen and oxygen atoms in total. The molecule has 0 radical (unpaired) electrons. The summed E-state index contributed by atoms with van der Waals surface area (Å²) < 4.78 is 0. The van der Waals surface area contributed by atoms with Gasteiger partial charge in [0.1, 0.15) is 5.82 Å². The third-order valence-electron chi connectivity index (χ3n) is 3.56. The molecule has 0 amide bonds. The Bertz CT molecular complexity index is 355. The Hall–Kier alpha value is -1.13. The Morgan fingerprint density at radius 1 is 1.33 bits per heavy atom. The van der Waals surface area contributed by atoms with Gasteiger partial charge in [-0.1, -0.05) is 6.07 Å². The second-order valence-corrected chi connectivity index (χ2v) is 5.26. The lowest BCUT2D eigenvalue weighted by molar-refractivity contribution is 0.233. The minimum atomic E-state index is 0.483. The molecule has 0 saturated carbocycles. The van der Waals surface area contributed by atoms with Crippen LogP contribution in [0.1, 0.15) is 19.4 Å². The lowest BCUT2D eigenvalue weighted by Crippen LogP contribution is -2.42. The third kappa shape index (κ3) is 3.43. The van der Waals surface area contributed by atoms with Gasteiger partial charge in [-0.15, -0.1) is 0 Å². The number of anilines is 1. The van der Waals surface area contributed by atoms with Gasteiger partial charge >= 0.3 is 0 Å². The van der Waals surface area contributed by atoms with Crippen LogP contribution in [0.3, 0.4) is 0 Å². The largest absolute Gasteiger partial charge is 0.357 e. The highest BCUT2D eigenvalue weighted by atomic mass is 15.2. The maximum Gasteiger partial charge on any atom is 0.128 e. The molecule has 18 heavy (non-hydrogen) atoms. The normalized spacial score (nSPS) is 17.1. The van der Waals surface area contributed by atoms with Crippen molar-refractivity contribution >= 4 is 5.82 Å². The van der Waals surface area contributed by atoms with Crippen LogP contribution in [0.25, 0.3) is 0 Å². The van der Waals surface area contributed by atoms with Crippen molar-refractivity contribution in [3.05, 3.63) is 23.9 Å². The molecule has 1 aromatic heterocycles. The second kappa shape index (κ2) is 6.16. The highest BCUT2D eigenvalue weighted by molar-refractivity contribution is 5.39. The summed E-state index contributed by atoms with van der Waals surface area (Å²) in [7, 11) is 2.09. The van der Waals surface area contributed by atoms with Crippen molar-refractivity contribution in [1.29, 1.82) is 0 Å². The number of hydrogen-bond donors (Lipinski definition) is 1. The Balaban J connectivity index is 1.94. The third-order valence-corrected chi connectivity index (χ3v) is 3.56. The van der Waals surface area contributed by atoms with Gasteiger partial charge in [0.05, 0.1) is 0 Å². The van der Waals surface area contributed by atoms with E-state index in [-0.39, 0.29) is 0 Å². The quantitative estimate of drug-likeness (QED) is 0.871. The molecule has 0 atom stereocenters. The van der Waals surface area contributed by atoms with E-state index in [2.05, 4.69) is 53.1 Å². The van der Waals surface area contributed by atoms with Gasteiger partial charge in [0.25, 0.3) is 0 Å². The number of rotatable bonds is 4. The molecule has 0 unspecified atom stereocenters. The fourth-order valence-corrected chi connectivity index (χ4v) is 2.11. The zero-order valence-electron chi connectivity index (χ0n) is 11.7. The zero-order valence-corrected chi connectivity index (χ0v) is 11.7. The van der Waals surface area contributed by atoms with Crippen LogP contribution in [0.4, 0.5) is 5.82 Å². The Morgan fingerprint density at radius 3 is 2.61 bits per heavy atom. The Kier molecular flexibility index (Phi) is 4.55.